The smallest absolute Gasteiger partial charge is 0.129 e. The zero-order chi connectivity index (χ0) is 12.1. The predicted molar refractivity (Wildman–Crippen MR) is 70.5 cm³/mol. The summed E-state index contributed by atoms with van der Waals surface area (Å²) in [5.74, 6) is 6.45. The van der Waals surface area contributed by atoms with Crippen LogP contribution in [0.2, 0.25) is 5.15 Å². The summed E-state index contributed by atoms with van der Waals surface area (Å²) in [6.45, 7) is 0. The Morgan fingerprint density at radius 1 is 1.41 bits per heavy atom. The molecule has 1 aromatic rings. The minimum Gasteiger partial charge on any atom is -0.271 e. The summed E-state index contributed by atoms with van der Waals surface area (Å²) in [6.07, 6.45) is 9.60. The molecular weight excluding hydrogens is 234 g/mol. The van der Waals surface area contributed by atoms with Gasteiger partial charge >= 0.3 is 0 Å². The van der Waals surface area contributed by atoms with Crippen molar-refractivity contribution in [1.29, 1.82) is 0 Å². The van der Waals surface area contributed by atoms with Gasteiger partial charge in [-0.05, 0) is 30.0 Å². The third-order valence-corrected chi connectivity index (χ3v) is 3.85. The van der Waals surface area contributed by atoms with Gasteiger partial charge in [-0.15, -0.1) is 0 Å². The topological polar surface area (TPSA) is 50.9 Å². The standard InChI is InChI=1S/C13H20ClN3/c14-13-9-11(6-7-16-13)12(17-15)8-10-4-2-1-3-5-10/h6-7,9-10,12,17H,1-5,8,15H2. The number of hydrogen-bond donors (Lipinski definition) is 2. The summed E-state index contributed by atoms with van der Waals surface area (Å²) in [5, 5.41) is 0.534. The zero-order valence-electron chi connectivity index (χ0n) is 10.0. The molecule has 1 unspecified atom stereocenters. The first kappa shape index (κ1) is 12.8. The summed E-state index contributed by atoms with van der Waals surface area (Å²) >= 11 is 5.91. The Labute approximate surface area is 108 Å². The van der Waals surface area contributed by atoms with Crippen molar-refractivity contribution < 1.29 is 0 Å². The van der Waals surface area contributed by atoms with Crippen molar-refractivity contribution in [3.63, 3.8) is 0 Å². The van der Waals surface area contributed by atoms with Crippen LogP contribution in [0.5, 0.6) is 0 Å². The Bertz CT molecular complexity index is 350. The predicted octanol–water partition coefficient (Wildman–Crippen LogP) is 3.21. The van der Waals surface area contributed by atoms with Gasteiger partial charge in [0.1, 0.15) is 5.15 Å². The average molecular weight is 254 g/mol. The monoisotopic (exact) mass is 253 g/mol. The number of aromatic nitrogens is 1. The van der Waals surface area contributed by atoms with Crippen LogP contribution in [-0.4, -0.2) is 4.98 Å². The van der Waals surface area contributed by atoms with Gasteiger partial charge in [-0.3, -0.25) is 11.3 Å². The molecule has 4 heteroatoms. The van der Waals surface area contributed by atoms with E-state index in [1.807, 2.05) is 12.1 Å². The van der Waals surface area contributed by atoms with E-state index < -0.39 is 0 Å². The molecule has 1 heterocycles. The molecule has 1 aliphatic rings. The highest BCUT2D eigenvalue weighted by molar-refractivity contribution is 6.29. The van der Waals surface area contributed by atoms with Gasteiger partial charge in [-0.25, -0.2) is 4.98 Å². The fraction of sp³-hybridized carbons (Fsp3) is 0.615. The summed E-state index contributed by atoms with van der Waals surface area (Å²) in [7, 11) is 0. The first-order chi connectivity index (χ1) is 8.29. The van der Waals surface area contributed by atoms with Crippen molar-refractivity contribution in [3.05, 3.63) is 29.0 Å². The van der Waals surface area contributed by atoms with Gasteiger partial charge in [0.15, 0.2) is 0 Å². The number of halogens is 1. The van der Waals surface area contributed by atoms with E-state index in [0.29, 0.717) is 5.15 Å². The van der Waals surface area contributed by atoms with Crippen LogP contribution < -0.4 is 11.3 Å². The minimum absolute atomic E-state index is 0.193. The van der Waals surface area contributed by atoms with Crippen LogP contribution in [0.1, 0.15) is 50.1 Å². The SMILES string of the molecule is NNC(CC1CCCCC1)c1ccnc(Cl)c1. The molecule has 0 aliphatic heterocycles. The van der Waals surface area contributed by atoms with Gasteiger partial charge in [0.05, 0.1) is 0 Å². The van der Waals surface area contributed by atoms with E-state index >= 15 is 0 Å². The molecule has 0 radical (unpaired) electrons. The van der Waals surface area contributed by atoms with Crippen LogP contribution in [0.15, 0.2) is 18.3 Å². The maximum absolute atomic E-state index is 5.91. The summed E-state index contributed by atoms with van der Waals surface area (Å²) in [6, 6.07) is 4.08. The van der Waals surface area contributed by atoms with Crippen LogP contribution in [0, 0.1) is 5.92 Å². The average Bonchev–Trinajstić information content (AvgIpc) is 2.37. The number of rotatable bonds is 4. The lowest BCUT2D eigenvalue weighted by Crippen LogP contribution is -2.30. The molecule has 3 nitrogen and oxygen atoms in total. The fourth-order valence-electron chi connectivity index (χ4n) is 2.69. The van der Waals surface area contributed by atoms with E-state index in [-0.39, 0.29) is 6.04 Å². The molecule has 1 saturated carbocycles. The number of nitrogens with one attached hydrogen (secondary N) is 1. The summed E-state index contributed by atoms with van der Waals surface area (Å²) < 4.78 is 0. The second-order valence-corrected chi connectivity index (χ2v) is 5.26. The van der Waals surface area contributed by atoms with E-state index in [2.05, 4.69) is 10.4 Å². The molecule has 94 valence electrons. The van der Waals surface area contributed by atoms with E-state index in [1.54, 1.807) is 6.20 Å². The Hall–Kier alpha value is -0.640. The zero-order valence-corrected chi connectivity index (χ0v) is 10.8. The van der Waals surface area contributed by atoms with Gasteiger partial charge in [0, 0.05) is 12.2 Å². The van der Waals surface area contributed by atoms with Gasteiger partial charge in [0.25, 0.3) is 0 Å². The largest absolute Gasteiger partial charge is 0.271 e. The molecular formula is C13H20ClN3. The molecule has 0 saturated heterocycles. The number of hydrogen-bond acceptors (Lipinski definition) is 3. The van der Waals surface area contributed by atoms with Gasteiger partial charge in [0.2, 0.25) is 0 Å². The summed E-state index contributed by atoms with van der Waals surface area (Å²) in [4.78, 5) is 4.00. The van der Waals surface area contributed by atoms with Crippen molar-refractivity contribution in [1.82, 2.24) is 10.4 Å². The molecule has 2 rings (SSSR count). The number of hydrazine groups is 1. The van der Waals surface area contributed by atoms with Crippen LogP contribution >= 0.6 is 11.6 Å². The summed E-state index contributed by atoms with van der Waals surface area (Å²) in [5.41, 5.74) is 4.04. The van der Waals surface area contributed by atoms with Crippen LogP contribution in [0.3, 0.4) is 0 Å². The Morgan fingerprint density at radius 3 is 2.82 bits per heavy atom. The van der Waals surface area contributed by atoms with Gasteiger partial charge < -0.3 is 0 Å². The van der Waals surface area contributed by atoms with Crippen molar-refractivity contribution >= 4 is 11.6 Å². The molecule has 1 aliphatic carbocycles. The highest BCUT2D eigenvalue weighted by Gasteiger charge is 2.19. The van der Waals surface area contributed by atoms with Crippen molar-refractivity contribution in [2.75, 3.05) is 0 Å². The number of nitrogens with two attached hydrogens (primary N) is 1. The van der Waals surface area contributed by atoms with Crippen LogP contribution in [0.4, 0.5) is 0 Å². The lowest BCUT2D eigenvalue weighted by Gasteiger charge is -2.26. The first-order valence-electron chi connectivity index (χ1n) is 6.37. The fourth-order valence-corrected chi connectivity index (χ4v) is 2.87. The maximum atomic E-state index is 5.91. The third kappa shape index (κ3) is 3.66. The quantitative estimate of drug-likeness (QED) is 0.492. The molecule has 0 amide bonds. The van der Waals surface area contributed by atoms with E-state index in [1.165, 1.54) is 32.1 Å². The van der Waals surface area contributed by atoms with Crippen LogP contribution in [-0.2, 0) is 0 Å². The maximum Gasteiger partial charge on any atom is 0.129 e. The Balaban J connectivity index is 2.00. The minimum atomic E-state index is 0.193. The van der Waals surface area contributed by atoms with E-state index in [0.717, 1.165) is 17.9 Å². The van der Waals surface area contributed by atoms with Gasteiger partial charge in [-0.1, -0.05) is 43.7 Å². The number of nitrogens with zero attached hydrogens (tertiary/aromatic N) is 1. The van der Waals surface area contributed by atoms with Crippen LogP contribution in [0.25, 0.3) is 0 Å². The molecule has 1 aromatic heterocycles. The van der Waals surface area contributed by atoms with E-state index in [9.17, 15) is 0 Å². The second-order valence-electron chi connectivity index (χ2n) is 4.87. The number of pyridine rings is 1. The molecule has 1 atom stereocenters. The Morgan fingerprint density at radius 2 is 2.18 bits per heavy atom. The van der Waals surface area contributed by atoms with Crippen molar-refractivity contribution in [2.45, 2.75) is 44.6 Å². The molecule has 1 fully saturated rings. The second kappa shape index (κ2) is 6.34. The first-order valence-corrected chi connectivity index (χ1v) is 6.75. The lowest BCUT2D eigenvalue weighted by atomic mass is 9.83. The molecule has 0 aromatic carbocycles. The van der Waals surface area contributed by atoms with Crippen molar-refractivity contribution in [2.24, 2.45) is 11.8 Å². The highest BCUT2D eigenvalue weighted by Crippen LogP contribution is 2.31. The highest BCUT2D eigenvalue weighted by atomic mass is 35.5. The van der Waals surface area contributed by atoms with Gasteiger partial charge in [-0.2, -0.15) is 0 Å². The molecule has 0 bridgehead atoms. The Kier molecular flexibility index (Phi) is 4.77. The van der Waals surface area contributed by atoms with E-state index in [4.69, 9.17) is 17.4 Å². The molecule has 17 heavy (non-hydrogen) atoms. The van der Waals surface area contributed by atoms with Crippen molar-refractivity contribution in [3.8, 4) is 0 Å². The molecule has 0 spiro atoms. The normalized spacial score (nSPS) is 19.2. The third-order valence-electron chi connectivity index (χ3n) is 3.65. The molecule has 3 N–H and O–H groups in total. The lowest BCUT2D eigenvalue weighted by molar-refractivity contribution is 0.301.